The molecule has 0 aromatic heterocycles. The second-order valence-electron chi connectivity index (χ2n) is 3.42. The molecule has 0 heterocycles. The van der Waals surface area contributed by atoms with E-state index in [4.69, 9.17) is 5.73 Å². The summed E-state index contributed by atoms with van der Waals surface area (Å²) in [5.41, 5.74) is 5.25. The van der Waals surface area contributed by atoms with E-state index in [9.17, 15) is 18.0 Å². The molecule has 3 N–H and O–H groups in total. The minimum Gasteiger partial charge on any atom is -0.349 e. The Bertz CT molecular complexity index is 206. The number of nitrogens with two attached hydrogens (primary N) is 1. The van der Waals surface area contributed by atoms with Gasteiger partial charge in [0.25, 0.3) is 0 Å². The molecule has 7 heteroatoms. The van der Waals surface area contributed by atoms with Gasteiger partial charge in [-0.05, 0) is 0 Å². The molecule has 0 saturated carbocycles. The van der Waals surface area contributed by atoms with Gasteiger partial charge in [0.2, 0.25) is 5.91 Å². The van der Waals surface area contributed by atoms with Gasteiger partial charge in [0.05, 0.1) is 6.54 Å². The Labute approximate surface area is 86.6 Å². The summed E-state index contributed by atoms with van der Waals surface area (Å²) < 4.78 is 35.5. The zero-order valence-electron chi connectivity index (χ0n) is 8.77. The van der Waals surface area contributed by atoms with Crippen LogP contribution in [-0.2, 0) is 4.79 Å². The minimum atomic E-state index is -4.28. The van der Waals surface area contributed by atoms with Crippen molar-refractivity contribution in [1.82, 2.24) is 10.2 Å². The third-order valence-corrected chi connectivity index (χ3v) is 1.80. The number of nitrogens with one attached hydrogen (secondary N) is 1. The van der Waals surface area contributed by atoms with Crippen LogP contribution in [0.3, 0.4) is 0 Å². The van der Waals surface area contributed by atoms with Gasteiger partial charge >= 0.3 is 6.18 Å². The Morgan fingerprint density at radius 3 is 2.33 bits per heavy atom. The molecule has 1 amide bonds. The molecule has 4 nitrogen and oxygen atoms in total. The number of rotatable bonds is 5. The Balaban J connectivity index is 3.99. The smallest absolute Gasteiger partial charge is 0.349 e. The Morgan fingerprint density at radius 2 is 2.00 bits per heavy atom. The molecule has 0 aromatic carbocycles. The van der Waals surface area contributed by atoms with Gasteiger partial charge in [0, 0.05) is 33.1 Å². The van der Waals surface area contributed by atoms with Crippen LogP contribution in [0.5, 0.6) is 0 Å². The van der Waals surface area contributed by atoms with Gasteiger partial charge < -0.3 is 16.0 Å². The molecular formula is C8H16F3N3O. The molecule has 0 aliphatic carbocycles. The summed E-state index contributed by atoms with van der Waals surface area (Å²) >= 11 is 0. The van der Waals surface area contributed by atoms with Crippen LogP contribution < -0.4 is 11.1 Å². The first-order valence-corrected chi connectivity index (χ1v) is 4.46. The van der Waals surface area contributed by atoms with Crippen LogP contribution in [0.15, 0.2) is 0 Å². The normalized spacial score (nSPS) is 13.7. The zero-order chi connectivity index (χ0) is 12.1. The standard InChI is InChI=1S/C8H16F3N3O/c1-14(2)7(15)3-6(4-12)13-5-8(9,10)11/h6,13H,3-5,12H2,1-2H3. The largest absolute Gasteiger partial charge is 0.401 e. The number of carbonyl (C=O) groups is 1. The van der Waals surface area contributed by atoms with Gasteiger partial charge in [0.15, 0.2) is 0 Å². The van der Waals surface area contributed by atoms with Crippen molar-refractivity contribution in [3.63, 3.8) is 0 Å². The lowest BCUT2D eigenvalue weighted by atomic mass is 10.2. The van der Waals surface area contributed by atoms with Crippen molar-refractivity contribution in [2.45, 2.75) is 18.6 Å². The molecule has 15 heavy (non-hydrogen) atoms. The predicted molar refractivity (Wildman–Crippen MR) is 50.2 cm³/mol. The van der Waals surface area contributed by atoms with Crippen LogP contribution in [0.4, 0.5) is 13.2 Å². The van der Waals surface area contributed by atoms with Crippen LogP contribution in [-0.4, -0.2) is 50.2 Å². The van der Waals surface area contributed by atoms with E-state index >= 15 is 0 Å². The summed E-state index contributed by atoms with van der Waals surface area (Å²) in [7, 11) is 3.08. The maximum absolute atomic E-state index is 11.8. The Kier molecular flexibility index (Phi) is 5.59. The second-order valence-corrected chi connectivity index (χ2v) is 3.42. The van der Waals surface area contributed by atoms with Crippen LogP contribution in [0.1, 0.15) is 6.42 Å². The molecule has 0 spiro atoms. The predicted octanol–water partition coefficient (Wildman–Crippen LogP) is -0.0561. The van der Waals surface area contributed by atoms with E-state index in [0.29, 0.717) is 0 Å². The maximum Gasteiger partial charge on any atom is 0.401 e. The summed E-state index contributed by atoms with van der Waals surface area (Å²) in [6.45, 7) is -1.13. The van der Waals surface area contributed by atoms with Crippen molar-refractivity contribution in [3.8, 4) is 0 Å². The molecule has 0 bridgehead atoms. The monoisotopic (exact) mass is 227 g/mol. The fourth-order valence-corrected chi connectivity index (χ4v) is 0.892. The molecule has 1 unspecified atom stereocenters. The summed E-state index contributed by atoms with van der Waals surface area (Å²) in [6, 6.07) is -0.637. The first-order chi connectivity index (χ1) is 6.76. The van der Waals surface area contributed by atoms with Crippen molar-refractivity contribution in [1.29, 1.82) is 0 Å². The number of amides is 1. The van der Waals surface area contributed by atoms with Gasteiger partial charge in [-0.2, -0.15) is 13.2 Å². The first-order valence-electron chi connectivity index (χ1n) is 4.46. The van der Waals surface area contributed by atoms with Crippen LogP contribution in [0, 0.1) is 0 Å². The van der Waals surface area contributed by atoms with Crippen molar-refractivity contribution < 1.29 is 18.0 Å². The third kappa shape index (κ3) is 7.15. The Morgan fingerprint density at radius 1 is 1.47 bits per heavy atom. The Hall–Kier alpha value is -0.820. The SMILES string of the molecule is CN(C)C(=O)CC(CN)NCC(F)(F)F. The van der Waals surface area contributed by atoms with E-state index in [2.05, 4.69) is 5.32 Å². The maximum atomic E-state index is 11.8. The van der Waals surface area contributed by atoms with Gasteiger partial charge in [0.1, 0.15) is 0 Å². The van der Waals surface area contributed by atoms with Crippen LogP contribution >= 0.6 is 0 Å². The van der Waals surface area contributed by atoms with E-state index in [1.807, 2.05) is 0 Å². The zero-order valence-corrected chi connectivity index (χ0v) is 8.77. The number of nitrogens with zero attached hydrogens (tertiary/aromatic N) is 1. The molecule has 0 rings (SSSR count). The molecule has 0 aromatic rings. The molecule has 90 valence electrons. The molecule has 1 atom stereocenters. The lowest BCUT2D eigenvalue weighted by Crippen LogP contribution is -2.44. The van der Waals surface area contributed by atoms with Gasteiger partial charge in [-0.1, -0.05) is 0 Å². The van der Waals surface area contributed by atoms with E-state index in [1.165, 1.54) is 4.90 Å². The lowest BCUT2D eigenvalue weighted by molar-refractivity contribution is -0.132. The highest BCUT2D eigenvalue weighted by molar-refractivity contribution is 5.76. The molecule has 0 radical (unpaired) electrons. The van der Waals surface area contributed by atoms with E-state index < -0.39 is 18.8 Å². The van der Waals surface area contributed by atoms with Crippen molar-refractivity contribution in [3.05, 3.63) is 0 Å². The first kappa shape index (κ1) is 14.2. The minimum absolute atomic E-state index is 0.00431. The van der Waals surface area contributed by atoms with E-state index in [0.717, 1.165) is 0 Å². The fourth-order valence-electron chi connectivity index (χ4n) is 0.892. The second kappa shape index (κ2) is 5.92. The molecule has 0 aliphatic heterocycles. The molecule has 0 aliphatic rings. The van der Waals surface area contributed by atoms with Crippen molar-refractivity contribution in [2.75, 3.05) is 27.2 Å². The average Bonchev–Trinajstić information content (AvgIpc) is 2.10. The highest BCUT2D eigenvalue weighted by Crippen LogP contribution is 2.12. The fraction of sp³-hybridized carbons (Fsp3) is 0.875. The summed E-state index contributed by atoms with van der Waals surface area (Å²) in [4.78, 5) is 12.5. The third-order valence-electron chi connectivity index (χ3n) is 1.80. The molecule has 0 saturated heterocycles. The molecular weight excluding hydrogens is 211 g/mol. The number of alkyl halides is 3. The van der Waals surface area contributed by atoms with Gasteiger partial charge in [-0.15, -0.1) is 0 Å². The summed E-state index contributed by atoms with van der Waals surface area (Å²) in [6.07, 6.45) is -4.31. The lowest BCUT2D eigenvalue weighted by Gasteiger charge is -2.19. The number of carbonyl (C=O) groups excluding carboxylic acids is 1. The number of hydrogen-bond acceptors (Lipinski definition) is 3. The summed E-state index contributed by atoms with van der Waals surface area (Å²) in [5.74, 6) is -0.250. The summed E-state index contributed by atoms with van der Waals surface area (Å²) in [5, 5.41) is 2.20. The average molecular weight is 227 g/mol. The van der Waals surface area contributed by atoms with Gasteiger partial charge in [-0.3, -0.25) is 4.79 Å². The quantitative estimate of drug-likeness (QED) is 0.692. The van der Waals surface area contributed by atoms with Crippen molar-refractivity contribution >= 4 is 5.91 Å². The van der Waals surface area contributed by atoms with Crippen LogP contribution in [0.25, 0.3) is 0 Å². The van der Waals surface area contributed by atoms with Crippen molar-refractivity contribution in [2.24, 2.45) is 5.73 Å². The van der Waals surface area contributed by atoms with E-state index in [-0.39, 0.29) is 18.9 Å². The van der Waals surface area contributed by atoms with Gasteiger partial charge in [-0.25, -0.2) is 0 Å². The number of halogens is 3. The van der Waals surface area contributed by atoms with E-state index in [1.54, 1.807) is 14.1 Å². The highest BCUT2D eigenvalue weighted by atomic mass is 19.4. The number of hydrogen-bond donors (Lipinski definition) is 2. The van der Waals surface area contributed by atoms with Crippen LogP contribution in [0.2, 0.25) is 0 Å². The topological polar surface area (TPSA) is 58.4 Å². The molecule has 0 fully saturated rings. The highest BCUT2D eigenvalue weighted by Gasteiger charge is 2.28.